The number of morpholine rings is 1. The lowest BCUT2D eigenvalue weighted by Gasteiger charge is -2.31. The number of amides is 1. The molecule has 0 aromatic heterocycles. The quantitative estimate of drug-likeness (QED) is 0.322. The highest BCUT2D eigenvalue weighted by atomic mass is 19.1. The van der Waals surface area contributed by atoms with Crippen LogP contribution in [0.5, 0.6) is 5.75 Å². The second-order valence-electron chi connectivity index (χ2n) is 8.93. The van der Waals surface area contributed by atoms with Crippen molar-refractivity contribution in [3.8, 4) is 5.75 Å². The van der Waals surface area contributed by atoms with Gasteiger partial charge in [-0.05, 0) is 46.7 Å². The van der Waals surface area contributed by atoms with Crippen molar-refractivity contribution in [1.29, 1.82) is 0 Å². The summed E-state index contributed by atoms with van der Waals surface area (Å²) in [5.41, 5.74) is 0.983. The Kier molecular flexibility index (Phi) is 6.71. The van der Waals surface area contributed by atoms with E-state index in [-0.39, 0.29) is 11.3 Å². The van der Waals surface area contributed by atoms with Crippen molar-refractivity contribution in [1.82, 2.24) is 9.80 Å². The van der Waals surface area contributed by atoms with Crippen molar-refractivity contribution in [2.45, 2.75) is 6.04 Å². The first-order chi connectivity index (χ1) is 17.5. The Labute approximate surface area is 208 Å². The predicted octanol–water partition coefficient (Wildman–Crippen LogP) is 3.74. The minimum atomic E-state index is -0.821. The van der Waals surface area contributed by atoms with Crippen LogP contribution in [0.1, 0.15) is 17.2 Å². The summed E-state index contributed by atoms with van der Waals surface area (Å²) in [6.07, 6.45) is 0. The number of fused-ring (bicyclic) bond motifs is 1. The summed E-state index contributed by atoms with van der Waals surface area (Å²) < 4.78 is 24.4. The Morgan fingerprint density at radius 1 is 1.00 bits per heavy atom. The molecule has 2 saturated heterocycles. The summed E-state index contributed by atoms with van der Waals surface area (Å²) >= 11 is 0. The smallest absolute Gasteiger partial charge is 0.295 e. The third-order valence-electron chi connectivity index (χ3n) is 6.81. The number of aliphatic hydroxyl groups excluding tert-OH is 1. The first kappa shape index (κ1) is 24.0. The molecule has 1 atom stereocenters. The van der Waals surface area contributed by atoms with Crippen LogP contribution in [0.3, 0.4) is 0 Å². The fraction of sp³-hybridized carbons (Fsp3) is 0.286. The summed E-state index contributed by atoms with van der Waals surface area (Å²) in [5, 5.41) is 13.1. The number of hydrogen-bond acceptors (Lipinski definition) is 6. The zero-order chi connectivity index (χ0) is 25.2. The van der Waals surface area contributed by atoms with Gasteiger partial charge >= 0.3 is 0 Å². The highest BCUT2D eigenvalue weighted by Gasteiger charge is 2.46. The molecule has 0 bridgehead atoms. The highest BCUT2D eigenvalue weighted by Crippen LogP contribution is 2.39. The number of rotatable bonds is 6. The zero-order valence-electron chi connectivity index (χ0n) is 19.9. The number of carbonyl (C=O) groups excluding carboxylic acids is 2. The molecule has 0 radical (unpaired) electrons. The van der Waals surface area contributed by atoms with Crippen LogP contribution in [0.15, 0.2) is 66.2 Å². The van der Waals surface area contributed by atoms with Gasteiger partial charge in [-0.2, -0.15) is 0 Å². The van der Waals surface area contributed by atoms with E-state index in [1.165, 1.54) is 17.0 Å². The molecule has 1 N–H and O–H groups in total. The van der Waals surface area contributed by atoms with E-state index < -0.39 is 23.5 Å². The van der Waals surface area contributed by atoms with E-state index in [2.05, 4.69) is 4.90 Å². The molecule has 1 unspecified atom stereocenters. The Morgan fingerprint density at radius 3 is 2.42 bits per heavy atom. The lowest BCUT2D eigenvalue weighted by molar-refractivity contribution is -0.140. The Morgan fingerprint density at radius 2 is 1.69 bits per heavy atom. The fourth-order valence-electron chi connectivity index (χ4n) is 4.83. The van der Waals surface area contributed by atoms with Crippen LogP contribution in [-0.2, 0) is 14.3 Å². The molecular formula is C28H27FN2O5. The predicted molar refractivity (Wildman–Crippen MR) is 133 cm³/mol. The number of ether oxygens (including phenoxy) is 2. The lowest BCUT2D eigenvalue weighted by atomic mass is 9.94. The molecule has 2 aliphatic heterocycles. The van der Waals surface area contributed by atoms with Gasteiger partial charge in [-0.3, -0.25) is 14.5 Å². The van der Waals surface area contributed by atoms with Crippen molar-refractivity contribution in [2.75, 3.05) is 46.5 Å². The van der Waals surface area contributed by atoms with Gasteiger partial charge in [0.15, 0.2) is 0 Å². The van der Waals surface area contributed by atoms with Crippen LogP contribution >= 0.6 is 0 Å². The fourth-order valence-corrected chi connectivity index (χ4v) is 4.83. The number of nitrogens with zero attached hydrogens (tertiary/aromatic N) is 2. The zero-order valence-corrected chi connectivity index (χ0v) is 19.9. The van der Waals surface area contributed by atoms with Crippen LogP contribution in [0, 0.1) is 5.82 Å². The molecular weight excluding hydrogens is 463 g/mol. The maximum Gasteiger partial charge on any atom is 0.295 e. The molecule has 8 heteroatoms. The van der Waals surface area contributed by atoms with Crippen LogP contribution in [0.4, 0.5) is 4.39 Å². The molecule has 0 spiro atoms. The molecule has 2 fully saturated rings. The number of halogens is 1. The van der Waals surface area contributed by atoms with E-state index in [0.29, 0.717) is 43.2 Å². The third-order valence-corrected chi connectivity index (χ3v) is 6.81. The van der Waals surface area contributed by atoms with Gasteiger partial charge in [0.05, 0.1) is 31.9 Å². The highest BCUT2D eigenvalue weighted by molar-refractivity contribution is 6.46. The van der Waals surface area contributed by atoms with Gasteiger partial charge in [0, 0.05) is 31.7 Å². The van der Waals surface area contributed by atoms with Gasteiger partial charge in [-0.1, -0.05) is 30.3 Å². The van der Waals surface area contributed by atoms with Crippen molar-refractivity contribution in [2.24, 2.45) is 0 Å². The van der Waals surface area contributed by atoms with Gasteiger partial charge in [-0.15, -0.1) is 0 Å². The molecule has 3 aromatic rings. The second-order valence-corrected chi connectivity index (χ2v) is 8.93. The monoisotopic (exact) mass is 490 g/mol. The number of hydrogen-bond donors (Lipinski definition) is 1. The number of likely N-dealkylation sites (tertiary alicyclic amines) is 1. The van der Waals surface area contributed by atoms with E-state index in [1.54, 1.807) is 31.4 Å². The molecule has 2 heterocycles. The number of Topliss-reactive ketones (excluding diaryl/α,β-unsaturated/α-hetero) is 1. The number of methoxy groups -OCH3 is 1. The van der Waals surface area contributed by atoms with Gasteiger partial charge in [0.1, 0.15) is 17.3 Å². The first-order valence-electron chi connectivity index (χ1n) is 11.9. The minimum absolute atomic E-state index is 0.00134. The van der Waals surface area contributed by atoms with E-state index in [9.17, 15) is 19.1 Å². The standard InChI is InChI=1S/C28H27FN2O5/c1-35-23-9-6-19-16-21(3-2-20(19)17-23)26(32)24-25(18-4-7-22(29)8-5-18)31(28(34)27(24)33)11-10-30-12-14-36-15-13-30/h2-9,16-17,25,32H,10-15H2,1H3/b26-24+. The second kappa shape index (κ2) is 10.1. The Hall–Kier alpha value is -3.75. The number of carbonyl (C=O) groups is 2. The van der Waals surface area contributed by atoms with Crippen molar-refractivity contribution in [3.63, 3.8) is 0 Å². The molecule has 3 aromatic carbocycles. The Balaban J connectivity index is 1.55. The van der Waals surface area contributed by atoms with Crippen LogP contribution in [0.25, 0.3) is 16.5 Å². The minimum Gasteiger partial charge on any atom is -0.507 e. The summed E-state index contributed by atoms with van der Waals surface area (Å²) in [7, 11) is 1.59. The normalized spacial score (nSPS) is 20.3. The molecule has 7 nitrogen and oxygen atoms in total. The maximum atomic E-state index is 13.7. The molecule has 2 aliphatic rings. The average molecular weight is 491 g/mol. The molecule has 5 rings (SSSR count). The van der Waals surface area contributed by atoms with Crippen LogP contribution < -0.4 is 4.74 Å². The topological polar surface area (TPSA) is 79.3 Å². The number of benzene rings is 3. The van der Waals surface area contributed by atoms with Gasteiger partial charge in [-0.25, -0.2) is 4.39 Å². The summed E-state index contributed by atoms with van der Waals surface area (Å²) in [5.74, 6) is -1.40. The molecule has 36 heavy (non-hydrogen) atoms. The molecule has 186 valence electrons. The number of ketones is 1. The average Bonchev–Trinajstić information content (AvgIpc) is 3.16. The molecule has 0 saturated carbocycles. The van der Waals surface area contributed by atoms with Gasteiger partial charge in [0.2, 0.25) is 0 Å². The van der Waals surface area contributed by atoms with E-state index in [4.69, 9.17) is 9.47 Å². The summed E-state index contributed by atoms with van der Waals surface area (Å²) in [4.78, 5) is 30.0. The van der Waals surface area contributed by atoms with Gasteiger partial charge in [0.25, 0.3) is 11.7 Å². The lowest BCUT2D eigenvalue weighted by Crippen LogP contribution is -2.42. The summed E-state index contributed by atoms with van der Waals surface area (Å²) in [6.45, 7) is 3.58. The maximum absolute atomic E-state index is 13.7. The van der Waals surface area contributed by atoms with Crippen molar-refractivity contribution in [3.05, 3.63) is 83.2 Å². The van der Waals surface area contributed by atoms with E-state index in [0.717, 1.165) is 23.9 Å². The first-order valence-corrected chi connectivity index (χ1v) is 11.9. The van der Waals surface area contributed by atoms with E-state index >= 15 is 0 Å². The van der Waals surface area contributed by atoms with Crippen LogP contribution in [-0.4, -0.2) is 73.1 Å². The SMILES string of the molecule is COc1ccc2cc(/C(O)=C3\C(=O)C(=O)N(CCN4CCOCC4)C3c3ccc(F)cc3)ccc2c1. The van der Waals surface area contributed by atoms with Crippen molar-refractivity contribution < 1.29 is 28.6 Å². The van der Waals surface area contributed by atoms with E-state index in [1.807, 2.05) is 24.3 Å². The number of aliphatic hydroxyl groups is 1. The summed E-state index contributed by atoms with van der Waals surface area (Å²) in [6, 6.07) is 15.7. The largest absolute Gasteiger partial charge is 0.507 e. The molecule has 0 aliphatic carbocycles. The Bertz CT molecular complexity index is 1330. The molecule has 1 amide bonds. The van der Waals surface area contributed by atoms with Gasteiger partial charge < -0.3 is 19.5 Å². The third kappa shape index (κ3) is 4.57. The van der Waals surface area contributed by atoms with Crippen LogP contribution in [0.2, 0.25) is 0 Å². The van der Waals surface area contributed by atoms with Crippen molar-refractivity contribution >= 4 is 28.2 Å².